The lowest BCUT2D eigenvalue weighted by Crippen LogP contribution is -2.26. The number of aromatic hydroxyl groups is 1. The molecule has 2 aromatic rings. The first-order chi connectivity index (χ1) is 9.69. The normalized spacial score (nSPS) is 20.9. The molecule has 2 unspecified atom stereocenters. The number of hydrogen-bond donors (Lipinski definition) is 2. The topological polar surface area (TPSA) is 49.3 Å². The van der Waals surface area contributed by atoms with Crippen LogP contribution in [-0.2, 0) is 0 Å². The third-order valence-corrected chi connectivity index (χ3v) is 4.01. The molecule has 0 bridgehead atoms. The van der Waals surface area contributed by atoms with Gasteiger partial charge < -0.3 is 10.4 Å². The minimum absolute atomic E-state index is 0.0499. The van der Waals surface area contributed by atoms with Gasteiger partial charge in [-0.05, 0) is 41.7 Å². The molecule has 104 valence electrons. The van der Waals surface area contributed by atoms with Crippen LogP contribution in [0.3, 0.4) is 0 Å². The molecule has 3 heteroatoms. The molecule has 0 aromatic heterocycles. The summed E-state index contributed by atoms with van der Waals surface area (Å²) in [5, 5.41) is 14.9. The summed E-state index contributed by atoms with van der Waals surface area (Å²) in [5.41, 5.74) is 0.367. The average molecular weight is 269 g/mol. The Morgan fingerprint density at radius 2 is 2.00 bits per heavy atom. The molecular weight excluding hydrogens is 250 g/mol. The molecule has 1 saturated carbocycles. The van der Waals surface area contributed by atoms with Gasteiger partial charge in [0.15, 0.2) is 0 Å². The maximum absolute atomic E-state index is 12.2. The van der Waals surface area contributed by atoms with E-state index in [1.807, 2.05) is 24.3 Å². The van der Waals surface area contributed by atoms with Crippen molar-refractivity contribution in [2.24, 2.45) is 5.92 Å². The van der Waals surface area contributed by atoms with Crippen LogP contribution in [0, 0.1) is 5.92 Å². The molecule has 0 heterocycles. The highest BCUT2D eigenvalue weighted by atomic mass is 16.3. The van der Waals surface area contributed by atoms with Crippen LogP contribution in [0.4, 0.5) is 0 Å². The first kappa shape index (κ1) is 13.0. The molecule has 0 saturated heterocycles. The van der Waals surface area contributed by atoms with Crippen molar-refractivity contribution in [3.8, 4) is 5.75 Å². The van der Waals surface area contributed by atoms with Crippen LogP contribution in [0.1, 0.15) is 36.5 Å². The van der Waals surface area contributed by atoms with Crippen LogP contribution in [0.2, 0.25) is 0 Å². The fraction of sp³-hybridized carbons (Fsp3) is 0.353. The van der Waals surface area contributed by atoms with Crippen molar-refractivity contribution in [1.29, 1.82) is 0 Å². The van der Waals surface area contributed by atoms with E-state index in [2.05, 4.69) is 12.2 Å². The summed E-state index contributed by atoms with van der Waals surface area (Å²) in [6.07, 6.45) is 3.38. The van der Waals surface area contributed by atoms with Crippen LogP contribution in [0.15, 0.2) is 36.4 Å². The van der Waals surface area contributed by atoms with E-state index in [-0.39, 0.29) is 17.7 Å². The molecule has 3 rings (SSSR count). The summed E-state index contributed by atoms with van der Waals surface area (Å²) in [6, 6.07) is 11.4. The van der Waals surface area contributed by atoms with Crippen molar-refractivity contribution < 1.29 is 9.90 Å². The Bertz CT molecular complexity index is 650. The number of carbonyl (C=O) groups excluding carboxylic acids is 1. The van der Waals surface area contributed by atoms with Crippen molar-refractivity contribution >= 4 is 16.7 Å². The highest BCUT2D eigenvalue weighted by Crippen LogP contribution is 2.35. The Balaban J connectivity index is 1.79. The van der Waals surface area contributed by atoms with E-state index in [1.165, 1.54) is 0 Å². The Kier molecular flexibility index (Phi) is 3.35. The van der Waals surface area contributed by atoms with Crippen LogP contribution in [-0.4, -0.2) is 17.1 Å². The molecule has 1 fully saturated rings. The minimum atomic E-state index is -0.170. The third-order valence-electron chi connectivity index (χ3n) is 4.01. The standard InChI is InChI=1S/C17H19NO2/c1-2-5-13-9-15(13)18-17(20)14-8-11-6-3-4-7-12(11)10-16(14)19/h3-4,6-8,10,13,15,19H,2,5,9H2,1H3,(H,18,20). The highest BCUT2D eigenvalue weighted by molar-refractivity contribution is 6.01. The summed E-state index contributed by atoms with van der Waals surface area (Å²) in [7, 11) is 0. The van der Waals surface area contributed by atoms with Gasteiger partial charge in [-0.15, -0.1) is 0 Å². The van der Waals surface area contributed by atoms with E-state index >= 15 is 0 Å². The fourth-order valence-electron chi connectivity index (χ4n) is 2.77. The molecule has 2 N–H and O–H groups in total. The fourth-order valence-corrected chi connectivity index (χ4v) is 2.77. The van der Waals surface area contributed by atoms with Crippen LogP contribution in [0.5, 0.6) is 5.75 Å². The van der Waals surface area contributed by atoms with Gasteiger partial charge in [0.05, 0.1) is 5.56 Å². The number of phenols is 1. The van der Waals surface area contributed by atoms with E-state index in [9.17, 15) is 9.90 Å². The summed E-state index contributed by atoms with van der Waals surface area (Å²) >= 11 is 0. The van der Waals surface area contributed by atoms with Crippen LogP contribution < -0.4 is 5.32 Å². The Morgan fingerprint density at radius 3 is 2.70 bits per heavy atom. The number of benzene rings is 2. The number of amides is 1. The van der Waals surface area contributed by atoms with Gasteiger partial charge in [0.1, 0.15) is 5.75 Å². The first-order valence-electron chi connectivity index (χ1n) is 7.21. The smallest absolute Gasteiger partial charge is 0.255 e. The molecular formula is C17H19NO2. The molecule has 2 atom stereocenters. The largest absolute Gasteiger partial charge is 0.507 e. The zero-order chi connectivity index (χ0) is 14.1. The van der Waals surface area contributed by atoms with E-state index in [4.69, 9.17) is 0 Å². The predicted molar refractivity (Wildman–Crippen MR) is 79.9 cm³/mol. The molecule has 0 spiro atoms. The quantitative estimate of drug-likeness (QED) is 0.893. The van der Waals surface area contributed by atoms with E-state index in [1.54, 1.807) is 12.1 Å². The maximum Gasteiger partial charge on any atom is 0.255 e. The van der Waals surface area contributed by atoms with Crippen molar-refractivity contribution in [2.45, 2.75) is 32.2 Å². The second kappa shape index (κ2) is 5.16. The second-order valence-corrected chi connectivity index (χ2v) is 5.58. The van der Waals surface area contributed by atoms with E-state index in [0.29, 0.717) is 11.5 Å². The average Bonchev–Trinajstić information content (AvgIpc) is 3.16. The molecule has 3 nitrogen and oxygen atoms in total. The number of fused-ring (bicyclic) bond motifs is 1. The Labute approximate surface area is 118 Å². The van der Waals surface area contributed by atoms with Gasteiger partial charge in [0, 0.05) is 6.04 Å². The zero-order valence-electron chi connectivity index (χ0n) is 11.6. The molecule has 1 aliphatic carbocycles. The lowest BCUT2D eigenvalue weighted by atomic mass is 10.1. The molecule has 1 amide bonds. The Morgan fingerprint density at radius 1 is 1.30 bits per heavy atom. The Hall–Kier alpha value is -2.03. The van der Waals surface area contributed by atoms with Crippen molar-refractivity contribution in [1.82, 2.24) is 5.32 Å². The van der Waals surface area contributed by atoms with Gasteiger partial charge in [-0.25, -0.2) is 0 Å². The second-order valence-electron chi connectivity index (χ2n) is 5.58. The monoisotopic (exact) mass is 269 g/mol. The van der Waals surface area contributed by atoms with Gasteiger partial charge in [-0.3, -0.25) is 4.79 Å². The predicted octanol–water partition coefficient (Wildman–Crippen LogP) is 3.46. The van der Waals surface area contributed by atoms with Crippen molar-refractivity contribution in [3.63, 3.8) is 0 Å². The number of phenolic OH excluding ortho intramolecular Hbond substituents is 1. The maximum atomic E-state index is 12.2. The van der Waals surface area contributed by atoms with E-state index in [0.717, 1.165) is 30.0 Å². The minimum Gasteiger partial charge on any atom is -0.507 e. The molecule has 2 aromatic carbocycles. The molecule has 0 aliphatic heterocycles. The SMILES string of the molecule is CCCC1CC1NC(=O)c1cc2ccccc2cc1O. The molecule has 1 aliphatic rings. The summed E-state index contributed by atoms with van der Waals surface area (Å²) in [4.78, 5) is 12.2. The third kappa shape index (κ3) is 2.48. The lowest BCUT2D eigenvalue weighted by molar-refractivity contribution is 0.0946. The molecule has 0 radical (unpaired) electrons. The number of rotatable bonds is 4. The molecule has 20 heavy (non-hydrogen) atoms. The van der Waals surface area contributed by atoms with Gasteiger partial charge in [-0.1, -0.05) is 37.6 Å². The van der Waals surface area contributed by atoms with Crippen molar-refractivity contribution in [3.05, 3.63) is 42.0 Å². The van der Waals surface area contributed by atoms with Gasteiger partial charge in [0.2, 0.25) is 0 Å². The highest BCUT2D eigenvalue weighted by Gasteiger charge is 2.37. The van der Waals surface area contributed by atoms with Crippen LogP contribution >= 0.6 is 0 Å². The zero-order valence-corrected chi connectivity index (χ0v) is 11.6. The summed E-state index contributed by atoms with van der Waals surface area (Å²) in [5.74, 6) is 0.497. The number of carbonyl (C=O) groups is 1. The summed E-state index contributed by atoms with van der Waals surface area (Å²) < 4.78 is 0. The van der Waals surface area contributed by atoms with Crippen LogP contribution in [0.25, 0.3) is 10.8 Å². The van der Waals surface area contributed by atoms with Gasteiger partial charge in [0.25, 0.3) is 5.91 Å². The number of hydrogen-bond acceptors (Lipinski definition) is 2. The van der Waals surface area contributed by atoms with Crippen molar-refractivity contribution in [2.75, 3.05) is 0 Å². The number of nitrogens with one attached hydrogen (secondary N) is 1. The summed E-state index contributed by atoms with van der Waals surface area (Å²) in [6.45, 7) is 2.16. The first-order valence-corrected chi connectivity index (χ1v) is 7.21. The van der Waals surface area contributed by atoms with Gasteiger partial charge >= 0.3 is 0 Å². The van der Waals surface area contributed by atoms with E-state index < -0.39 is 0 Å². The van der Waals surface area contributed by atoms with Gasteiger partial charge in [-0.2, -0.15) is 0 Å². The lowest BCUT2D eigenvalue weighted by Gasteiger charge is -2.08.